The molecule has 0 spiro atoms. The Balaban J connectivity index is 1.65. The van der Waals surface area contributed by atoms with Crippen LogP contribution >= 0.6 is 11.6 Å². The fourth-order valence-corrected chi connectivity index (χ4v) is 6.51. The molecule has 3 aromatic rings. The number of carboxylic acids is 1. The van der Waals surface area contributed by atoms with Crippen molar-refractivity contribution in [1.82, 2.24) is 14.4 Å². The molecule has 7 heteroatoms. The number of hydrogen-bond donors (Lipinski definition) is 1. The normalized spacial score (nSPS) is 17.6. The smallest absolute Gasteiger partial charge is 0.335 e. The van der Waals surface area contributed by atoms with Gasteiger partial charge < -0.3 is 19.5 Å². The molecule has 1 aliphatic carbocycles. The molecule has 0 bridgehead atoms. The fraction of sp³-hybridized carbons (Fsp3) is 0.467. The molecular formula is C30H36ClN3O3. The van der Waals surface area contributed by atoms with Crippen LogP contribution in [0.25, 0.3) is 22.2 Å². The minimum atomic E-state index is -0.967. The van der Waals surface area contributed by atoms with E-state index in [1.165, 1.54) is 24.8 Å². The summed E-state index contributed by atoms with van der Waals surface area (Å²) in [6, 6.07) is 13.6. The van der Waals surface area contributed by atoms with Crippen molar-refractivity contribution in [2.24, 2.45) is 0 Å². The van der Waals surface area contributed by atoms with Crippen molar-refractivity contribution >= 4 is 34.4 Å². The van der Waals surface area contributed by atoms with Crippen LogP contribution in [0.2, 0.25) is 5.02 Å². The van der Waals surface area contributed by atoms with Crippen molar-refractivity contribution in [2.75, 3.05) is 27.2 Å². The topological polar surface area (TPSA) is 65.8 Å². The molecule has 2 aliphatic rings. The van der Waals surface area contributed by atoms with E-state index in [-0.39, 0.29) is 18.0 Å². The standard InChI is InChI=1S/C30H36ClN3O3/c1-32(2)22-14-16-33(17-15-22)27(35)19-34-26-18-21(30(36)37)12-13-24(26)28(20-8-4-3-5-9-20)29(34)23-10-6-7-11-25(23)31/h6-7,10-13,18,20,22H,3-5,8-9,14-17,19H2,1-2H3,(H,36,37). The van der Waals surface area contributed by atoms with E-state index in [9.17, 15) is 14.7 Å². The maximum atomic E-state index is 13.7. The van der Waals surface area contributed by atoms with Crippen molar-refractivity contribution in [3.63, 3.8) is 0 Å². The van der Waals surface area contributed by atoms with Crippen LogP contribution in [0, 0.1) is 0 Å². The van der Waals surface area contributed by atoms with Gasteiger partial charge in [0.2, 0.25) is 5.91 Å². The lowest BCUT2D eigenvalue weighted by Gasteiger charge is -2.35. The van der Waals surface area contributed by atoms with E-state index in [4.69, 9.17) is 11.6 Å². The number of benzene rings is 2. The summed E-state index contributed by atoms with van der Waals surface area (Å²) in [6.45, 7) is 1.63. The third-order valence-electron chi connectivity index (χ3n) is 8.33. The van der Waals surface area contributed by atoms with Gasteiger partial charge in [0, 0.05) is 35.1 Å². The number of likely N-dealkylation sites (tertiary alicyclic amines) is 1. The molecule has 0 unspecified atom stereocenters. The number of aromatic carboxylic acids is 1. The average Bonchev–Trinajstić information content (AvgIpc) is 3.22. The Labute approximate surface area is 223 Å². The van der Waals surface area contributed by atoms with E-state index in [2.05, 4.69) is 19.0 Å². The molecule has 2 aromatic carbocycles. The van der Waals surface area contributed by atoms with E-state index in [1.807, 2.05) is 39.8 Å². The zero-order valence-corrected chi connectivity index (χ0v) is 22.5. The number of aromatic nitrogens is 1. The second kappa shape index (κ2) is 10.9. The van der Waals surface area contributed by atoms with Crippen LogP contribution in [0.4, 0.5) is 0 Å². The Hall–Kier alpha value is -2.83. The summed E-state index contributed by atoms with van der Waals surface area (Å²) in [5.41, 5.74) is 4.10. The molecule has 2 heterocycles. The largest absolute Gasteiger partial charge is 0.478 e. The van der Waals surface area contributed by atoms with Gasteiger partial charge in [-0.2, -0.15) is 0 Å². The van der Waals surface area contributed by atoms with Gasteiger partial charge in [0.05, 0.1) is 16.8 Å². The third-order valence-corrected chi connectivity index (χ3v) is 8.66. The summed E-state index contributed by atoms with van der Waals surface area (Å²) in [5.74, 6) is -0.547. The SMILES string of the molecule is CN(C)C1CCN(C(=O)Cn2c(-c3ccccc3Cl)c(C3CCCCC3)c3ccc(C(=O)O)cc32)CC1. The summed E-state index contributed by atoms with van der Waals surface area (Å²) >= 11 is 6.77. The van der Waals surface area contributed by atoms with Crippen molar-refractivity contribution in [2.45, 2.75) is 63.5 Å². The number of nitrogens with zero attached hydrogens (tertiary/aromatic N) is 3. The predicted molar refractivity (Wildman–Crippen MR) is 148 cm³/mol. The highest BCUT2D eigenvalue weighted by Crippen LogP contribution is 2.45. The maximum Gasteiger partial charge on any atom is 0.335 e. The minimum absolute atomic E-state index is 0.0679. The number of rotatable bonds is 6. The van der Waals surface area contributed by atoms with Gasteiger partial charge in [0.25, 0.3) is 0 Å². The number of carboxylic acid groups (broad SMARTS) is 1. The van der Waals surface area contributed by atoms with Gasteiger partial charge in [-0.15, -0.1) is 0 Å². The van der Waals surface area contributed by atoms with Gasteiger partial charge in [-0.25, -0.2) is 4.79 Å². The molecule has 1 aliphatic heterocycles. The molecule has 37 heavy (non-hydrogen) atoms. The molecule has 0 radical (unpaired) electrons. The van der Waals surface area contributed by atoms with Gasteiger partial charge >= 0.3 is 5.97 Å². The zero-order valence-electron chi connectivity index (χ0n) is 21.8. The molecule has 2 fully saturated rings. The molecule has 1 N–H and O–H groups in total. The number of fused-ring (bicyclic) bond motifs is 1. The Morgan fingerprint density at radius 1 is 1.00 bits per heavy atom. The zero-order chi connectivity index (χ0) is 26.1. The number of amides is 1. The number of carbonyl (C=O) groups is 2. The van der Waals surface area contributed by atoms with E-state index < -0.39 is 5.97 Å². The molecule has 1 saturated heterocycles. The molecule has 5 rings (SSSR count). The second-order valence-electron chi connectivity index (χ2n) is 10.8. The quantitative estimate of drug-likeness (QED) is 0.415. The summed E-state index contributed by atoms with van der Waals surface area (Å²) in [7, 11) is 4.19. The van der Waals surface area contributed by atoms with Crippen molar-refractivity contribution < 1.29 is 14.7 Å². The molecule has 1 amide bonds. The van der Waals surface area contributed by atoms with Crippen LogP contribution < -0.4 is 0 Å². The average molecular weight is 522 g/mol. The fourth-order valence-electron chi connectivity index (χ4n) is 6.29. The first-order valence-electron chi connectivity index (χ1n) is 13.4. The van der Waals surface area contributed by atoms with Crippen LogP contribution in [0.15, 0.2) is 42.5 Å². The second-order valence-corrected chi connectivity index (χ2v) is 11.2. The molecular weight excluding hydrogens is 486 g/mol. The monoisotopic (exact) mass is 521 g/mol. The van der Waals surface area contributed by atoms with Crippen LogP contribution in [-0.2, 0) is 11.3 Å². The van der Waals surface area contributed by atoms with Crippen LogP contribution in [0.5, 0.6) is 0 Å². The van der Waals surface area contributed by atoms with Gasteiger partial charge in [-0.3, -0.25) is 4.79 Å². The Bertz CT molecular complexity index is 1300. The predicted octanol–water partition coefficient (Wildman–Crippen LogP) is 6.26. The van der Waals surface area contributed by atoms with E-state index in [0.29, 0.717) is 17.0 Å². The van der Waals surface area contributed by atoms with Gasteiger partial charge in [0.15, 0.2) is 0 Å². The highest BCUT2D eigenvalue weighted by atomic mass is 35.5. The molecule has 6 nitrogen and oxygen atoms in total. The first kappa shape index (κ1) is 25.8. The summed E-state index contributed by atoms with van der Waals surface area (Å²) in [4.78, 5) is 29.8. The Morgan fingerprint density at radius 2 is 1.70 bits per heavy atom. The highest BCUT2D eigenvalue weighted by molar-refractivity contribution is 6.33. The van der Waals surface area contributed by atoms with Gasteiger partial charge in [-0.1, -0.05) is 55.1 Å². The maximum absolute atomic E-state index is 13.7. The van der Waals surface area contributed by atoms with Crippen LogP contribution in [0.1, 0.15) is 66.8 Å². The first-order chi connectivity index (χ1) is 17.8. The molecule has 196 valence electrons. The number of carbonyl (C=O) groups excluding carboxylic acids is 1. The Kier molecular flexibility index (Phi) is 7.59. The van der Waals surface area contributed by atoms with E-state index >= 15 is 0 Å². The van der Waals surface area contributed by atoms with E-state index in [1.54, 1.807) is 12.1 Å². The highest BCUT2D eigenvalue weighted by Gasteiger charge is 2.30. The van der Waals surface area contributed by atoms with E-state index in [0.717, 1.165) is 60.9 Å². The van der Waals surface area contributed by atoms with Gasteiger partial charge in [0.1, 0.15) is 6.54 Å². The molecule has 1 aromatic heterocycles. The summed E-state index contributed by atoms with van der Waals surface area (Å²) < 4.78 is 2.05. The lowest BCUT2D eigenvalue weighted by molar-refractivity contribution is -0.133. The van der Waals surface area contributed by atoms with Gasteiger partial charge in [-0.05, 0) is 69.5 Å². The van der Waals surface area contributed by atoms with Crippen LogP contribution in [0.3, 0.4) is 0 Å². The lowest BCUT2D eigenvalue weighted by atomic mass is 9.81. The third kappa shape index (κ3) is 5.14. The first-order valence-corrected chi connectivity index (χ1v) is 13.8. The van der Waals surface area contributed by atoms with Crippen LogP contribution in [-0.4, -0.2) is 64.6 Å². The lowest BCUT2D eigenvalue weighted by Crippen LogP contribution is -2.45. The van der Waals surface area contributed by atoms with Crippen molar-refractivity contribution in [3.8, 4) is 11.3 Å². The Morgan fingerprint density at radius 3 is 2.35 bits per heavy atom. The molecule has 0 atom stereocenters. The summed E-state index contributed by atoms with van der Waals surface area (Å²) in [6.07, 6.45) is 7.67. The molecule has 1 saturated carbocycles. The van der Waals surface area contributed by atoms with Crippen molar-refractivity contribution in [1.29, 1.82) is 0 Å². The van der Waals surface area contributed by atoms with Crippen molar-refractivity contribution in [3.05, 3.63) is 58.6 Å². The summed E-state index contributed by atoms with van der Waals surface area (Å²) in [5, 5.41) is 11.4. The number of hydrogen-bond acceptors (Lipinski definition) is 3. The number of piperidine rings is 1. The minimum Gasteiger partial charge on any atom is -0.478 e. The number of halogens is 1.